The standard InChI is InChI=1S/C36H48ClNO12/c1-7-38-16-33(17-44-3)21(48-23(40)15-37)13-22(45-4)35-20-14-34(43)30(49-32(42)19-11-9-8-10-12-19)24(20)36(50-18(2)39,29(41)31(34)47-6)25(28(35)38)26(46-5)27(33)35/h8-12,20-22,24-31,41,43H,7,13-17H2,1-6H3/t20-,21-,22+,24-,25+,26+,27-,28-,29+,30-,31+,33+,34-,35+,36-/m1/s1. The van der Waals surface area contributed by atoms with Gasteiger partial charge in [-0.1, -0.05) is 25.1 Å². The van der Waals surface area contributed by atoms with E-state index in [1.165, 1.54) is 14.0 Å². The average Bonchev–Trinajstić information content (AvgIpc) is 3.48. The molecular formula is C36H48ClNO12. The molecule has 7 bridgehead atoms. The van der Waals surface area contributed by atoms with E-state index in [0.717, 1.165) is 0 Å². The van der Waals surface area contributed by atoms with Gasteiger partial charge in [-0.2, -0.15) is 0 Å². The summed E-state index contributed by atoms with van der Waals surface area (Å²) >= 11 is 5.99. The molecule has 1 aromatic carbocycles. The van der Waals surface area contributed by atoms with E-state index in [4.69, 9.17) is 44.8 Å². The number of ether oxygens (including phenoxy) is 7. The van der Waals surface area contributed by atoms with Crippen molar-refractivity contribution in [2.75, 3.05) is 54.0 Å². The number of benzene rings is 1. The maximum Gasteiger partial charge on any atom is 0.338 e. The van der Waals surface area contributed by atoms with E-state index in [-0.39, 0.29) is 24.5 Å². The van der Waals surface area contributed by atoms with Crippen LogP contribution in [0.4, 0.5) is 0 Å². The number of carbonyl (C=O) groups excluding carboxylic acids is 3. The minimum atomic E-state index is -1.88. The molecule has 276 valence electrons. The molecule has 6 aliphatic rings. The zero-order chi connectivity index (χ0) is 36.0. The molecule has 7 rings (SSSR count). The topological polar surface area (TPSA) is 160 Å². The number of hydrogen-bond acceptors (Lipinski definition) is 13. The lowest BCUT2D eigenvalue weighted by Gasteiger charge is -2.70. The van der Waals surface area contributed by atoms with E-state index in [1.807, 2.05) is 6.92 Å². The van der Waals surface area contributed by atoms with Gasteiger partial charge in [-0.25, -0.2) is 4.79 Å². The second kappa shape index (κ2) is 12.6. The zero-order valence-corrected chi connectivity index (χ0v) is 30.0. The van der Waals surface area contributed by atoms with E-state index >= 15 is 0 Å². The van der Waals surface area contributed by atoms with Crippen LogP contribution >= 0.6 is 11.6 Å². The first-order chi connectivity index (χ1) is 23.9. The van der Waals surface area contributed by atoms with Gasteiger partial charge in [0.2, 0.25) is 0 Å². The summed E-state index contributed by atoms with van der Waals surface area (Å²) < 4.78 is 44.0. The van der Waals surface area contributed by atoms with Crippen LogP contribution in [0.5, 0.6) is 0 Å². The minimum Gasteiger partial charge on any atom is -0.461 e. The predicted molar refractivity (Wildman–Crippen MR) is 175 cm³/mol. The molecule has 13 nitrogen and oxygen atoms in total. The zero-order valence-electron chi connectivity index (χ0n) is 29.3. The number of fused-ring (bicyclic) bond motifs is 2. The van der Waals surface area contributed by atoms with Gasteiger partial charge in [-0.3, -0.25) is 14.5 Å². The van der Waals surface area contributed by atoms with Crippen LogP contribution in [0.15, 0.2) is 30.3 Å². The summed E-state index contributed by atoms with van der Waals surface area (Å²) in [4.78, 5) is 42.4. The van der Waals surface area contributed by atoms with Gasteiger partial charge in [0.15, 0.2) is 5.60 Å². The van der Waals surface area contributed by atoms with Gasteiger partial charge in [-0.05, 0) is 31.0 Å². The van der Waals surface area contributed by atoms with Gasteiger partial charge in [-0.15, -0.1) is 11.6 Å². The third-order valence-electron chi connectivity index (χ3n) is 13.5. The Hall–Kier alpha value is -2.36. The molecule has 1 aliphatic heterocycles. The number of rotatable bonds is 11. The molecule has 14 heteroatoms. The summed E-state index contributed by atoms with van der Waals surface area (Å²) in [5.41, 5.74) is -5.06. The first-order valence-electron chi connectivity index (χ1n) is 17.4. The molecule has 0 aromatic heterocycles. The highest BCUT2D eigenvalue weighted by atomic mass is 35.5. The van der Waals surface area contributed by atoms with Crippen molar-refractivity contribution in [3.63, 3.8) is 0 Å². The number of methoxy groups -OCH3 is 4. The van der Waals surface area contributed by atoms with Crippen molar-refractivity contribution in [2.24, 2.45) is 34.5 Å². The highest BCUT2D eigenvalue weighted by molar-refractivity contribution is 6.26. The summed E-state index contributed by atoms with van der Waals surface area (Å²) in [6, 6.07) is 8.06. The number of aliphatic hydroxyl groups excluding tert-OH is 1. The fraction of sp³-hybridized carbons (Fsp3) is 0.750. The lowest BCUT2D eigenvalue weighted by Crippen LogP contribution is -2.81. The lowest BCUT2D eigenvalue weighted by atomic mass is 9.42. The minimum absolute atomic E-state index is 0.0335. The number of nitrogens with zero attached hydrogens (tertiary/aromatic N) is 1. The molecule has 1 spiro atoms. The number of aliphatic hydroxyl groups is 2. The summed E-state index contributed by atoms with van der Waals surface area (Å²) in [6.07, 6.45) is -5.73. The van der Waals surface area contributed by atoms with E-state index in [0.29, 0.717) is 19.5 Å². The molecule has 1 aromatic rings. The fourth-order valence-electron chi connectivity index (χ4n) is 12.6. The smallest absolute Gasteiger partial charge is 0.338 e. The van der Waals surface area contributed by atoms with Gasteiger partial charge in [0.1, 0.15) is 35.9 Å². The normalized spacial score (nSPS) is 46.7. The van der Waals surface area contributed by atoms with Gasteiger partial charge in [0.25, 0.3) is 0 Å². The lowest BCUT2D eigenvalue weighted by molar-refractivity contribution is -0.322. The fourth-order valence-corrected chi connectivity index (χ4v) is 12.7. The summed E-state index contributed by atoms with van der Waals surface area (Å²) in [6.45, 7) is 4.48. The molecule has 50 heavy (non-hydrogen) atoms. The molecule has 1 saturated heterocycles. The third-order valence-corrected chi connectivity index (χ3v) is 13.7. The Morgan fingerprint density at radius 2 is 1.70 bits per heavy atom. The Balaban J connectivity index is 1.52. The van der Waals surface area contributed by atoms with Crippen LogP contribution in [0.3, 0.4) is 0 Å². The quantitative estimate of drug-likeness (QED) is 0.192. The van der Waals surface area contributed by atoms with Crippen LogP contribution in [0.2, 0.25) is 0 Å². The summed E-state index contributed by atoms with van der Waals surface area (Å²) in [5, 5.41) is 25.5. The molecule has 5 saturated carbocycles. The van der Waals surface area contributed by atoms with Crippen molar-refractivity contribution in [3.05, 3.63) is 35.9 Å². The van der Waals surface area contributed by atoms with Crippen molar-refractivity contribution < 1.29 is 57.8 Å². The van der Waals surface area contributed by atoms with Crippen molar-refractivity contribution in [2.45, 2.75) is 80.6 Å². The van der Waals surface area contributed by atoms with Crippen molar-refractivity contribution in [1.82, 2.24) is 4.90 Å². The van der Waals surface area contributed by atoms with Crippen LogP contribution in [0.1, 0.15) is 37.0 Å². The number of esters is 3. The number of carbonyl (C=O) groups is 3. The number of piperidine rings is 1. The second-order valence-corrected chi connectivity index (χ2v) is 15.3. The Morgan fingerprint density at radius 1 is 0.980 bits per heavy atom. The largest absolute Gasteiger partial charge is 0.461 e. The van der Waals surface area contributed by atoms with Crippen LogP contribution in [-0.2, 0) is 42.7 Å². The second-order valence-electron chi connectivity index (χ2n) is 15.0. The molecule has 6 fully saturated rings. The molecular weight excluding hydrogens is 674 g/mol. The maximum absolute atomic E-state index is 13.9. The molecule has 2 N–H and O–H groups in total. The highest BCUT2D eigenvalue weighted by Crippen LogP contribution is 2.80. The van der Waals surface area contributed by atoms with Gasteiger partial charge < -0.3 is 43.4 Å². The number of alkyl halides is 1. The molecule has 0 radical (unpaired) electrons. The van der Waals surface area contributed by atoms with E-state index in [9.17, 15) is 24.6 Å². The number of likely N-dealkylation sites (tertiary alicyclic amines) is 1. The third kappa shape index (κ3) is 4.35. The Labute approximate surface area is 296 Å². The van der Waals surface area contributed by atoms with Crippen LogP contribution < -0.4 is 0 Å². The molecule has 1 heterocycles. The van der Waals surface area contributed by atoms with Crippen molar-refractivity contribution in [1.29, 1.82) is 0 Å². The van der Waals surface area contributed by atoms with Gasteiger partial charge >= 0.3 is 17.9 Å². The monoisotopic (exact) mass is 721 g/mol. The van der Waals surface area contributed by atoms with Crippen LogP contribution in [0, 0.1) is 34.5 Å². The Morgan fingerprint density at radius 3 is 2.28 bits per heavy atom. The predicted octanol–water partition coefficient (Wildman–Crippen LogP) is 1.44. The van der Waals surface area contributed by atoms with E-state index in [1.54, 1.807) is 51.7 Å². The molecule has 0 amide bonds. The Bertz CT molecular complexity index is 1500. The van der Waals surface area contributed by atoms with Crippen molar-refractivity contribution >= 4 is 29.5 Å². The number of hydrogen-bond donors (Lipinski definition) is 2. The molecule has 5 aliphatic carbocycles. The first kappa shape index (κ1) is 36.0. The number of halogens is 1. The maximum atomic E-state index is 13.9. The van der Waals surface area contributed by atoms with Crippen molar-refractivity contribution in [3.8, 4) is 0 Å². The first-order valence-corrected chi connectivity index (χ1v) is 17.9. The summed E-state index contributed by atoms with van der Waals surface area (Å²) in [5.74, 6) is -4.87. The summed E-state index contributed by atoms with van der Waals surface area (Å²) in [7, 11) is 6.19. The van der Waals surface area contributed by atoms with Crippen LogP contribution in [0.25, 0.3) is 0 Å². The van der Waals surface area contributed by atoms with Gasteiger partial charge in [0, 0.05) is 83.0 Å². The average molecular weight is 722 g/mol. The Kier molecular flexibility index (Phi) is 9.11. The highest BCUT2D eigenvalue weighted by Gasteiger charge is 2.92. The van der Waals surface area contributed by atoms with Crippen LogP contribution in [-0.4, -0.2) is 141 Å². The molecule has 15 atom stereocenters. The SMILES string of the molecule is CCN1C[C@@]2(COC)[C@H]3[C@@H](OC)[C@H]4[C@@H]1[C@]3([C@@H](OC)C[C@H]2OC(=O)CCl)[C@@H]1C[C@@]2(O)[C@H](OC(=O)c3ccccc3)[C@@H]1[C@]4(OC(C)=O)[C@@H](O)[C@@H]2OC. The van der Waals surface area contributed by atoms with E-state index in [2.05, 4.69) is 4.90 Å². The molecule has 0 unspecified atom stereocenters. The van der Waals surface area contributed by atoms with Gasteiger partial charge in [0.05, 0.1) is 24.4 Å². The van der Waals surface area contributed by atoms with E-state index < -0.39 is 106 Å².